The van der Waals surface area contributed by atoms with E-state index >= 15 is 0 Å². The molecule has 0 unspecified atom stereocenters. The van der Waals surface area contributed by atoms with Crippen LogP contribution in [0.4, 0.5) is 22.0 Å². The Balaban J connectivity index is 0.000000141. The maximum atomic E-state index is 13.7. The first-order valence-electron chi connectivity index (χ1n) is 34.3. The van der Waals surface area contributed by atoms with Crippen LogP contribution in [0.3, 0.4) is 0 Å². The summed E-state index contributed by atoms with van der Waals surface area (Å²) in [4.78, 5) is 54.8. The van der Waals surface area contributed by atoms with Gasteiger partial charge < -0.3 is 39.7 Å². The number of benzene rings is 10. The summed E-state index contributed by atoms with van der Waals surface area (Å²) >= 11 is 0. The molecule has 0 aliphatic heterocycles. The fourth-order valence-corrected chi connectivity index (χ4v) is 11.0. The van der Waals surface area contributed by atoms with Crippen molar-refractivity contribution < 1.29 is 85.7 Å². The van der Waals surface area contributed by atoms with E-state index in [1.807, 2.05) is 80.0 Å². The number of alkyl halides is 4. The lowest BCUT2D eigenvalue weighted by Gasteiger charge is -2.13. The Morgan fingerprint density at radius 1 is 0.342 bits per heavy atom. The summed E-state index contributed by atoms with van der Waals surface area (Å²) in [5.41, 5.74) is 13.6. The van der Waals surface area contributed by atoms with Crippen LogP contribution in [-0.4, -0.2) is 124 Å². The molecule has 0 fully saturated rings. The topological polar surface area (TPSA) is 303 Å². The zero-order chi connectivity index (χ0) is 81.2. The largest absolute Gasteiger partial charge is 0.497 e. The Labute approximate surface area is 646 Å². The number of carboxylic acids is 5. The molecule has 0 aliphatic carbocycles. The van der Waals surface area contributed by atoms with Crippen molar-refractivity contribution in [3.8, 4) is 102 Å². The number of ether oxygens (including phenoxy) is 3. The first-order valence-corrected chi connectivity index (χ1v) is 34.3. The van der Waals surface area contributed by atoms with E-state index in [2.05, 4.69) is 35.0 Å². The number of hydrogen-bond donors (Lipinski definition) is 5. The van der Waals surface area contributed by atoms with Gasteiger partial charge in [-0.2, -0.15) is 43.1 Å². The van der Waals surface area contributed by atoms with Crippen LogP contribution in [0.1, 0.15) is 71.2 Å². The van der Waals surface area contributed by atoms with Gasteiger partial charge in [0, 0.05) is 78.7 Å². The molecule has 15 aromatic rings. The molecule has 0 aliphatic rings. The van der Waals surface area contributed by atoms with Gasteiger partial charge in [0.2, 0.25) is 0 Å². The predicted octanol–water partition coefficient (Wildman–Crippen LogP) is 18.6. The molecule has 114 heavy (non-hydrogen) atoms. The average Bonchev–Trinajstić information content (AvgIpc) is 1.69. The van der Waals surface area contributed by atoms with Crippen molar-refractivity contribution in [2.45, 2.75) is 33.0 Å². The summed E-state index contributed by atoms with van der Waals surface area (Å²) in [5, 5.41) is 66.5. The minimum atomic E-state index is -3.24. The van der Waals surface area contributed by atoms with Crippen LogP contribution in [0.15, 0.2) is 304 Å². The zero-order valence-corrected chi connectivity index (χ0v) is 60.7. The van der Waals surface area contributed by atoms with E-state index in [1.165, 1.54) is 70.9 Å². The third-order valence-corrected chi connectivity index (χ3v) is 16.6. The molecule has 28 heteroatoms. The van der Waals surface area contributed by atoms with Gasteiger partial charge in [-0.25, -0.2) is 51.8 Å². The second kappa shape index (κ2) is 35.8. The van der Waals surface area contributed by atoms with Crippen LogP contribution >= 0.6 is 0 Å². The molecular weight excluding hydrogens is 1480 g/mol. The van der Waals surface area contributed by atoms with E-state index in [0.717, 1.165) is 61.8 Å². The molecule has 0 saturated heterocycles. The highest BCUT2D eigenvalue weighted by molar-refractivity contribution is 5.91. The minimum Gasteiger partial charge on any atom is -0.497 e. The Morgan fingerprint density at radius 2 is 0.719 bits per heavy atom. The molecule has 10 aromatic carbocycles. The number of methoxy groups -OCH3 is 1. The van der Waals surface area contributed by atoms with Gasteiger partial charge in [-0.1, -0.05) is 96.6 Å². The maximum Gasteiger partial charge on any atom is 0.394 e. The molecule has 0 atom stereocenters. The number of aromatic carboxylic acids is 5. The molecule has 5 heterocycles. The minimum absolute atomic E-state index is 0.0535. The molecule has 0 saturated carbocycles. The number of rotatable bonds is 20. The van der Waals surface area contributed by atoms with Gasteiger partial charge in [0.15, 0.2) is 0 Å². The van der Waals surface area contributed by atoms with E-state index in [9.17, 15) is 45.9 Å². The van der Waals surface area contributed by atoms with Crippen LogP contribution < -0.4 is 14.2 Å². The summed E-state index contributed by atoms with van der Waals surface area (Å²) in [6, 6.07) is 70.7. The molecular formula is C86H67F5N10O13. The summed E-state index contributed by atoms with van der Waals surface area (Å²) in [6.07, 6.45) is 7.40. The SMILES string of the molecule is CC(F)(F)Oc1ccc(-n2cc(-c3ccc(C(=O)O)cc3)cn2)cc1.CC(F)(F)Oc1ccc(-n2cc(-c3cccc(C(=O)O)c3)cn2)cc1.COc1cccc(-n2cc(-c3ccc(C(=O)O)cc3)cn2)c1.Cc1ccc(-c2ccn(-c3cccc(C(=O)O)c3)n2)cc1.O=C(O)c1cccc(-n2ccc(-c3ccccc3F)n2)c1. The van der Waals surface area contributed by atoms with Gasteiger partial charge in [-0.3, -0.25) is 0 Å². The second-order valence-corrected chi connectivity index (χ2v) is 25.0. The standard InChI is InChI=1S/2C18H14F2N2O3.C17H14N2O3.C17H14N2O2.C16H11FN2O2/c1-18(19,20)25-16-8-6-15(7-9-16)22-11-14(10-21-22)12-2-4-13(5-3-12)17(23)24;1-18(19,20)25-16-7-5-15(6-8-16)22-11-14(10-21-22)12-3-2-4-13(9-12)17(23)24;1-22-16-4-2-3-15(9-16)19-11-14(10-18-19)12-5-7-13(8-6-12)17(20)21;1-12-5-7-13(8-6-12)16-9-10-19(18-16)15-4-2-3-14(11-15)17(20)21;17-14-7-2-1-6-13(14)15-8-9-19(18-15)12-5-3-4-11(10-12)16(20)21/h2*2-11H,1H3,(H,23,24);2-11H,1H3,(H,20,21);2-11H,1H3,(H,20,21);1-10H,(H,20,21). The summed E-state index contributed by atoms with van der Waals surface area (Å²) < 4.78 is 87.3. The molecule has 0 bridgehead atoms. The second-order valence-electron chi connectivity index (χ2n) is 25.0. The quantitative estimate of drug-likeness (QED) is 0.0443. The molecule has 15 rings (SSSR count). The highest BCUT2D eigenvalue weighted by Crippen LogP contribution is 2.30. The van der Waals surface area contributed by atoms with Gasteiger partial charge in [-0.05, 0) is 181 Å². The molecule has 23 nitrogen and oxygen atoms in total. The molecule has 5 aromatic heterocycles. The molecule has 574 valence electrons. The van der Waals surface area contributed by atoms with Crippen molar-refractivity contribution in [3.05, 3.63) is 344 Å². The maximum absolute atomic E-state index is 13.7. The number of aryl methyl sites for hydroxylation is 1. The van der Waals surface area contributed by atoms with Gasteiger partial charge in [-0.15, -0.1) is 0 Å². The van der Waals surface area contributed by atoms with Crippen LogP contribution in [0.5, 0.6) is 17.2 Å². The lowest BCUT2D eigenvalue weighted by molar-refractivity contribution is -0.159. The first-order chi connectivity index (χ1) is 54.6. The van der Waals surface area contributed by atoms with E-state index in [0.29, 0.717) is 42.2 Å². The number of carbonyl (C=O) groups is 5. The summed E-state index contributed by atoms with van der Waals surface area (Å²) in [5.74, 6) is -4.33. The normalized spacial score (nSPS) is 10.9. The Morgan fingerprint density at radius 3 is 1.15 bits per heavy atom. The third-order valence-electron chi connectivity index (χ3n) is 16.6. The van der Waals surface area contributed by atoms with Crippen LogP contribution in [0, 0.1) is 12.7 Å². The van der Waals surface area contributed by atoms with Crippen molar-refractivity contribution in [1.82, 2.24) is 48.9 Å². The van der Waals surface area contributed by atoms with Crippen molar-refractivity contribution in [2.24, 2.45) is 0 Å². The van der Waals surface area contributed by atoms with Crippen molar-refractivity contribution >= 4 is 29.8 Å². The molecule has 5 N–H and O–H groups in total. The van der Waals surface area contributed by atoms with Gasteiger partial charge in [0.25, 0.3) is 0 Å². The lowest BCUT2D eigenvalue weighted by Crippen LogP contribution is -2.19. The Kier molecular flexibility index (Phi) is 25.0. The van der Waals surface area contributed by atoms with Gasteiger partial charge >= 0.3 is 42.1 Å². The van der Waals surface area contributed by atoms with E-state index in [4.69, 9.17) is 30.3 Å². The predicted molar refractivity (Wildman–Crippen MR) is 414 cm³/mol. The van der Waals surface area contributed by atoms with E-state index in [1.54, 1.807) is 196 Å². The highest BCUT2D eigenvalue weighted by atomic mass is 19.3. The smallest absolute Gasteiger partial charge is 0.394 e. The van der Waals surface area contributed by atoms with Crippen LogP contribution in [0.25, 0.3) is 84.3 Å². The molecule has 0 radical (unpaired) electrons. The number of nitrogens with zero attached hydrogens (tertiary/aromatic N) is 10. The Hall–Kier alpha value is -15.4. The zero-order valence-electron chi connectivity index (χ0n) is 60.7. The fourth-order valence-electron chi connectivity index (χ4n) is 11.0. The Bertz CT molecular complexity index is 5850. The van der Waals surface area contributed by atoms with Crippen LogP contribution in [0.2, 0.25) is 0 Å². The monoisotopic (exact) mass is 1540 g/mol. The number of halogens is 5. The van der Waals surface area contributed by atoms with Gasteiger partial charge in [0.1, 0.15) is 23.1 Å². The molecule has 0 spiro atoms. The lowest BCUT2D eigenvalue weighted by atomic mass is 10.1. The fraction of sp³-hybridized carbons (Fsp3) is 0.0698. The third kappa shape index (κ3) is 21.5. The van der Waals surface area contributed by atoms with Gasteiger partial charge in [0.05, 0.1) is 93.3 Å². The number of aromatic nitrogens is 10. The van der Waals surface area contributed by atoms with Crippen molar-refractivity contribution in [2.75, 3.05) is 7.11 Å². The highest BCUT2D eigenvalue weighted by Gasteiger charge is 2.25. The number of carboxylic acid groups (broad SMARTS) is 5. The van der Waals surface area contributed by atoms with E-state index < -0.39 is 42.1 Å². The van der Waals surface area contributed by atoms with Crippen molar-refractivity contribution in [1.29, 1.82) is 0 Å². The van der Waals surface area contributed by atoms with Crippen LogP contribution in [-0.2, 0) is 0 Å². The first kappa shape index (κ1) is 79.7. The average molecular weight is 1540 g/mol. The van der Waals surface area contributed by atoms with E-state index in [-0.39, 0.29) is 45.1 Å². The summed E-state index contributed by atoms with van der Waals surface area (Å²) in [7, 11) is 1.62. The molecule has 0 amide bonds. The summed E-state index contributed by atoms with van der Waals surface area (Å²) in [6.45, 7) is 3.39. The van der Waals surface area contributed by atoms with Crippen molar-refractivity contribution in [3.63, 3.8) is 0 Å². The number of hydrogen-bond acceptors (Lipinski definition) is 13.